The molecule has 0 bridgehead atoms. The van der Waals surface area contributed by atoms with Gasteiger partial charge in [-0.2, -0.15) is 0 Å². The van der Waals surface area contributed by atoms with Crippen molar-refractivity contribution >= 4 is 46.9 Å². The quantitative estimate of drug-likeness (QED) is 0.418. The molecule has 3 aromatic rings. The third-order valence-corrected chi connectivity index (χ3v) is 6.99. The monoisotopic (exact) mass is 532 g/mol. The number of halogens is 3. The summed E-state index contributed by atoms with van der Waals surface area (Å²) in [5.74, 6) is -1.37. The van der Waals surface area contributed by atoms with E-state index in [1.165, 1.54) is 17.2 Å². The molecule has 1 N–H and O–H groups in total. The number of nitrogens with zero attached hydrogens (tertiary/aromatic N) is 2. The number of aliphatic hydroxyl groups is 1. The zero-order chi connectivity index (χ0) is 25.0. The molecular formula is C25H19Cl2FN2O4S. The number of aromatic nitrogens is 1. The van der Waals surface area contributed by atoms with Crippen molar-refractivity contribution in [1.82, 2.24) is 9.88 Å². The van der Waals surface area contributed by atoms with Gasteiger partial charge in [0, 0.05) is 22.3 Å². The summed E-state index contributed by atoms with van der Waals surface area (Å²) in [5.41, 5.74) is -2.05. The summed E-state index contributed by atoms with van der Waals surface area (Å²) in [5, 5.41) is 10.8. The Morgan fingerprint density at radius 1 is 1.14 bits per heavy atom. The molecule has 0 spiro atoms. The van der Waals surface area contributed by atoms with Gasteiger partial charge >= 0.3 is 0 Å². The van der Waals surface area contributed by atoms with Crippen LogP contribution >= 0.6 is 35.8 Å². The number of benzene rings is 2. The number of ether oxygens (including phenoxy) is 1. The minimum Gasteiger partial charge on any atom is -0.387 e. The van der Waals surface area contributed by atoms with Crippen molar-refractivity contribution in [3.8, 4) is 0 Å². The summed E-state index contributed by atoms with van der Waals surface area (Å²) in [6.07, 6.45) is 2.50. The van der Waals surface area contributed by atoms with Gasteiger partial charge in [-0.1, -0.05) is 35.3 Å². The topological polar surface area (TPSA) is 79.7 Å². The molecule has 180 valence electrons. The van der Waals surface area contributed by atoms with Crippen molar-refractivity contribution in [3.05, 3.63) is 98.5 Å². The number of amides is 1. The average Bonchev–Trinajstić information content (AvgIpc) is 3.52. The Labute approximate surface area is 216 Å². The molecule has 6 nitrogen and oxygen atoms in total. The molecule has 2 heterocycles. The molecule has 1 atom stereocenters. The van der Waals surface area contributed by atoms with Crippen molar-refractivity contribution in [3.63, 3.8) is 0 Å². The maximum absolute atomic E-state index is 15.8. The number of pyridine rings is 1. The fourth-order valence-electron chi connectivity index (χ4n) is 4.25. The maximum atomic E-state index is 15.8. The summed E-state index contributed by atoms with van der Waals surface area (Å²) in [6, 6.07) is 12.1. The van der Waals surface area contributed by atoms with E-state index in [0.29, 0.717) is 34.1 Å². The summed E-state index contributed by atoms with van der Waals surface area (Å²) in [6.45, 7) is -0.199. The van der Waals surface area contributed by atoms with Gasteiger partial charge in [0.1, 0.15) is 5.82 Å². The minimum absolute atomic E-state index is 0.0332. The molecule has 2 aromatic carbocycles. The van der Waals surface area contributed by atoms with E-state index in [2.05, 4.69) is 17.6 Å². The molecular weight excluding hydrogens is 514 g/mol. The van der Waals surface area contributed by atoms with Gasteiger partial charge in [0.15, 0.2) is 5.72 Å². The van der Waals surface area contributed by atoms with Crippen molar-refractivity contribution in [1.29, 1.82) is 0 Å². The number of thiol groups is 1. The van der Waals surface area contributed by atoms with Crippen molar-refractivity contribution in [2.75, 3.05) is 6.61 Å². The highest BCUT2D eigenvalue weighted by atomic mass is 35.5. The fraction of sp³-hybridized carbons (Fsp3) is 0.240. The predicted octanol–water partition coefficient (Wildman–Crippen LogP) is 5.00. The molecule has 1 unspecified atom stereocenters. The number of hydrogen-bond acceptors (Lipinski definition) is 5. The second-order valence-electron chi connectivity index (χ2n) is 8.71. The molecule has 5 rings (SSSR count). The van der Waals surface area contributed by atoms with Crippen LogP contribution in [-0.4, -0.2) is 38.2 Å². The molecule has 10 heteroatoms. The highest BCUT2D eigenvalue weighted by molar-refractivity contribution is 7.97. The second kappa shape index (κ2) is 8.87. The summed E-state index contributed by atoms with van der Waals surface area (Å²) in [4.78, 5) is 31.3. The maximum Gasteiger partial charge on any atom is 0.257 e. The van der Waals surface area contributed by atoms with Crippen LogP contribution < -0.4 is 0 Å². The molecule has 2 aliphatic rings. The predicted molar refractivity (Wildman–Crippen MR) is 131 cm³/mol. The Kier molecular flexibility index (Phi) is 6.14. The van der Waals surface area contributed by atoms with E-state index < -0.39 is 28.2 Å². The average molecular weight is 533 g/mol. The van der Waals surface area contributed by atoms with Crippen LogP contribution in [0.4, 0.5) is 4.39 Å². The summed E-state index contributed by atoms with van der Waals surface area (Å²) in [7, 11) is 0. The van der Waals surface area contributed by atoms with E-state index in [1.54, 1.807) is 36.4 Å². The first-order valence-corrected chi connectivity index (χ1v) is 12.0. The van der Waals surface area contributed by atoms with Crippen LogP contribution in [0.3, 0.4) is 0 Å². The van der Waals surface area contributed by atoms with Gasteiger partial charge in [0.2, 0.25) is 5.12 Å². The number of rotatable bonds is 7. The smallest absolute Gasteiger partial charge is 0.257 e. The zero-order valence-electron chi connectivity index (χ0n) is 18.2. The minimum atomic E-state index is -1.75. The van der Waals surface area contributed by atoms with Gasteiger partial charge in [-0.05, 0) is 49.2 Å². The van der Waals surface area contributed by atoms with E-state index in [0.717, 1.165) is 6.07 Å². The van der Waals surface area contributed by atoms with Crippen LogP contribution in [0.5, 0.6) is 0 Å². The highest BCUT2D eigenvalue weighted by Gasteiger charge is 2.56. The van der Waals surface area contributed by atoms with Gasteiger partial charge in [0.05, 0.1) is 40.6 Å². The fourth-order valence-corrected chi connectivity index (χ4v) is 4.62. The van der Waals surface area contributed by atoms with E-state index in [-0.39, 0.29) is 29.8 Å². The van der Waals surface area contributed by atoms with E-state index in [4.69, 9.17) is 27.9 Å². The Bertz CT molecular complexity index is 1330. The third kappa shape index (κ3) is 4.34. The largest absolute Gasteiger partial charge is 0.387 e. The molecule has 1 aromatic heterocycles. The lowest BCUT2D eigenvalue weighted by Gasteiger charge is -2.40. The highest BCUT2D eigenvalue weighted by Crippen LogP contribution is 2.49. The van der Waals surface area contributed by atoms with E-state index in [1.807, 2.05) is 0 Å². The van der Waals surface area contributed by atoms with Gasteiger partial charge in [-0.3, -0.25) is 19.5 Å². The van der Waals surface area contributed by atoms with Gasteiger partial charge in [0.25, 0.3) is 5.91 Å². The number of carbonyl (C=O) groups excluding carboxylic acids is 2. The van der Waals surface area contributed by atoms with Crippen LogP contribution in [0, 0.1) is 5.82 Å². The van der Waals surface area contributed by atoms with Crippen LogP contribution in [0.15, 0.2) is 54.7 Å². The van der Waals surface area contributed by atoms with Crippen molar-refractivity contribution in [2.45, 2.75) is 30.7 Å². The van der Waals surface area contributed by atoms with Crippen molar-refractivity contribution < 1.29 is 23.8 Å². The Morgan fingerprint density at radius 2 is 1.83 bits per heavy atom. The normalized spacial score (nSPS) is 20.1. The first-order valence-electron chi connectivity index (χ1n) is 10.8. The molecule has 0 saturated heterocycles. The molecule has 0 radical (unpaired) electrons. The lowest BCUT2D eigenvalue weighted by atomic mass is 9.91. The lowest BCUT2D eigenvalue weighted by Crippen LogP contribution is -2.48. The molecule has 1 saturated carbocycles. The SMILES string of the molecule is O=C(S)c1cc(F)c2c(c1)C(=O)N(Cc1ccc(Cl)cn1)C2(OCC1(O)CC1)c1ccc(Cl)cc1. The lowest BCUT2D eigenvalue weighted by molar-refractivity contribution is -0.139. The zero-order valence-corrected chi connectivity index (χ0v) is 20.6. The molecule has 1 aliphatic heterocycles. The standard InChI is InChI=1S/C25H19Cl2FN2O4S/c26-16-3-1-15(2-4-16)25(34-13-24(33)7-8-24)21-19(9-14(23(32)35)10-20(21)28)22(31)30(25)12-18-6-5-17(27)11-29-18/h1-6,9-11,33H,7-8,12-13H2,(H,32,35). The Morgan fingerprint density at radius 3 is 2.43 bits per heavy atom. The summed E-state index contributed by atoms with van der Waals surface area (Å²) >= 11 is 15.9. The van der Waals surface area contributed by atoms with Gasteiger partial charge in [-0.15, -0.1) is 12.6 Å². The van der Waals surface area contributed by atoms with Gasteiger partial charge < -0.3 is 9.84 Å². The number of carbonyl (C=O) groups is 2. The first-order chi connectivity index (χ1) is 16.6. The molecule has 35 heavy (non-hydrogen) atoms. The Balaban J connectivity index is 1.74. The van der Waals surface area contributed by atoms with E-state index >= 15 is 4.39 Å². The van der Waals surface area contributed by atoms with Crippen LogP contribution in [0.25, 0.3) is 0 Å². The Hall–Kier alpha value is -2.49. The number of fused-ring (bicyclic) bond motifs is 1. The second-order valence-corrected chi connectivity index (χ2v) is 9.99. The molecule has 1 amide bonds. The summed E-state index contributed by atoms with van der Waals surface area (Å²) < 4.78 is 22.1. The molecule has 1 fully saturated rings. The molecule has 1 aliphatic carbocycles. The van der Waals surface area contributed by atoms with Crippen LogP contribution in [0.2, 0.25) is 10.0 Å². The first kappa shape index (κ1) is 24.2. The van der Waals surface area contributed by atoms with Gasteiger partial charge in [-0.25, -0.2) is 4.39 Å². The third-order valence-electron chi connectivity index (χ3n) is 6.25. The van der Waals surface area contributed by atoms with Crippen LogP contribution in [0.1, 0.15) is 50.4 Å². The van der Waals surface area contributed by atoms with E-state index in [9.17, 15) is 14.7 Å². The van der Waals surface area contributed by atoms with Crippen LogP contribution in [-0.2, 0) is 17.0 Å². The number of hydrogen-bond donors (Lipinski definition) is 2. The van der Waals surface area contributed by atoms with Crippen molar-refractivity contribution in [2.24, 2.45) is 0 Å².